The molecule has 0 aliphatic carbocycles. The molecule has 0 bridgehead atoms. The van der Waals surface area contributed by atoms with Gasteiger partial charge in [-0.15, -0.1) is 0 Å². The molecule has 0 fully saturated rings. The molecule has 0 spiro atoms. The van der Waals surface area contributed by atoms with Crippen LogP contribution in [-0.2, 0) is 32.5 Å². The Morgan fingerprint density at radius 1 is 1.18 bits per heavy atom. The van der Waals surface area contributed by atoms with Gasteiger partial charge in [-0.1, -0.05) is 32.9 Å². The zero-order valence-electron chi connectivity index (χ0n) is 12.8. The molecular weight excluding hydrogens is 371 g/mol. The Hall–Kier alpha value is -0.940. The molecular formula is C15H20BrO5P. The number of rotatable bonds is 6. The molecule has 0 atom stereocenters. The zero-order valence-corrected chi connectivity index (χ0v) is 15.3. The minimum absolute atomic E-state index is 0.314. The summed E-state index contributed by atoms with van der Waals surface area (Å²) in [7, 11) is -4.62. The van der Waals surface area contributed by atoms with Crippen molar-refractivity contribution in [3.63, 3.8) is 0 Å². The smallest absolute Gasteiger partial charge is 0.357 e. The van der Waals surface area contributed by atoms with Crippen molar-refractivity contribution in [3.05, 3.63) is 40.5 Å². The van der Waals surface area contributed by atoms with Gasteiger partial charge in [0.25, 0.3) is 0 Å². The van der Waals surface area contributed by atoms with Crippen LogP contribution in [0.1, 0.15) is 43.0 Å². The van der Waals surface area contributed by atoms with E-state index in [0.717, 1.165) is 35.6 Å². The molecule has 7 heteroatoms. The maximum atomic E-state index is 11.8. The molecule has 0 unspecified atom stereocenters. The maximum Gasteiger partial charge on any atom is 0.357 e. The fourth-order valence-electron chi connectivity index (χ4n) is 2.61. The fourth-order valence-corrected chi connectivity index (χ4v) is 3.50. The van der Waals surface area contributed by atoms with Crippen molar-refractivity contribution in [3.8, 4) is 0 Å². The first kappa shape index (κ1) is 19.1. The van der Waals surface area contributed by atoms with Crippen LogP contribution in [0.25, 0.3) is 5.31 Å². The van der Waals surface area contributed by atoms with Crippen molar-refractivity contribution in [2.24, 2.45) is 0 Å². The van der Waals surface area contributed by atoms with Gasteiger partial charge in [-0.2, -0.15) is 0 Å². The summed E-state index contributed by atoms with van der Waals surface area (Å²) in [5.41, 5.74) is 3.49. The van der Waals surface area contributed by atoms with Crippen LogP contribution < -0.4 is 0 Å². The summed E-state index contributed by atoms with van der Waals surface area (Å²) < 4.78 is 16.1. The van der Waals surface area contributed by atoms with Gasteiger partial charge >= 0.3 is 13.6 Å². The van der Waals surface area contributed by atoms with Crippen LogP contribution in [0.4, 0.5) is 0 Å². The first-order valence-corrected chi connectivity index (χ1v) is 9.30. The molecule has 0 aromatic heterocycles. The van der Waals surface area contributed by atoms with Gasteiger partial charge in [-0.25, -0.2) is 4.79 Å². The van der Waals surface area contributed by atoms with Crippen molar-refractivity contribution in [1.29, 1.82) is 0 Å². The monoisotopic (exact) mass is 390 g/mol. The van der Waals surface area contributed by atoms with Gasteiger partial charge in [0.2, 0.25) is 0 Å². The molecule has 1 aromatic carbocycles. The van der Waals surface area contributed by atoms with Crippen molar-refractivity contribution < 1.29 is 23.0 Å². The second-order valence-electron chi connectivity index (χ2n) is 4.76. The molecule has 122 valence electrons. The molecule has 0 saturated carbocycles. The summed E-state index contributed by atoms with van der Waals surface area (Å²) >= 11 is 2.52. The van der Waals surface area contributed by atoms with E-state index in [2.05, 4.69) is 20.1 Å². The van der Waals surface area contributed by atoms with Crippen molar-refractivity contribution in [2.75, 3.05) is 0 Å². The third-order valence-electron chi connectivity index (χ3n) is 3.54. The summed E-state index contributed by atoms with van der Waals surface area (Å²) in [6, 6.07) is 3.53. The lowest BCUT2D eigenvalue weighted by Gasteiger charge is -2.19. The number of carbonyl (C=O) groups excluding carboxylic acids is 1. The molecule has 0 amide bonds. The third kappa shape index (κ3) is 4.29. The molecule has 1 aromatic rings. The molecule has 0 radical (unpaired) electrons. The summed E-state index contributed by atoms with van der Waals surface area (Å²) in [5, 5.41) is -0.314. The maximum absolute atomic E-state index is 11.8. The second-order valence-corrected chi connectivity index (χ2v) is 6.65. The Kier molecular flexibility index (Phi) is 7.00. The number of aryl methyl sites for hydroxylation is 1. The number of hydrogen-bond acceptors (Lipinski definition) is 3. The van der Waals surface area contributed by atoms with Crippen LogP contribution in [0.15, 0.2) is 18.2 Å². The quantitative estimate of drug-likeness (QED) is 0.570. The van der Waals surface area contributed by atoms with Crippen LogP contribution in [0, 0.1) is 0 Å². The van der Waals surface area contributed by atoms with Gasteiger partial charge in [0.1, 0.15) is 0 Å². The van der Waals surface area contributed by atoms with Crippen molar-refractivity contribution >= 4 is 35.1 Å². The van der Waals surface area contributed by atoms with Gasteiger partial charge in [0, 0.05) is 6.08 Å². The van der Waals surface area contributed by atoms with Gasteiger partial charge in [0.05, 0.1) is 5.31 Å². The van der Waals surface area contributed by atoms with E-state index < -0.39 is 13.6 Å². The highest BCUT2D eigenvalue weighted by molar-refractivity contribution is 9.06. The minimum Gasteiger partial charge on any atom is -0.380 e. The average Bonchev–Trinajstić information content (AvgIpc) is 2.49. The molecule has 2 N–H and O–H groups in total. The lowest BCUT2D eigenvalue weighted by Crippen LogP contribution is -2.04. The molecule has 1 rings (SSSR count). The van der Waals surface area contributed by atoms with Crippen LogP contribution in [0.2, 0.25) is 0 Å². The topological polar surface area (TPSA) is 83.8 Å². The molecule has 0 aliphatic rings. The van der Waals surface area contributed by atoms with Crippen LogP contribution in [-0.4, -0.2) is 15.8 Å². The number of carbonyl (C=O) groups is 1. The van der Waals surface area contributed by atoms with Gasteiger partial charge < -0.3 is 13.6 Å². The van der Waals surface area contributed by atoms with Crippen LogP contribution in [0.3, 0.4) is 0 Å². The number of hydrogen-bond donors (Lipinski definition) is 2. The first-order valence-electron chi connectivity index (χ1n) is 7.04. The molecule has 5 nitrogen and oxygen atoms in total. The Morgan fingerprint density at radius 3 is 2.18 bits per heavy atom. The minimum atomic E-state index is -4.62. The van der Waals surface area contributed by atoms with E-state index >= 15 is 0 Å². The van der Waals surface area contributed by atoms with E-state index in [1.54, 1.807) is 6.07 Å². The lowest BCUT2D eigenvalue weighted by molar-refractivity contribution is -0.127. The zero-order chi connectivity index (χ0) is 16.9. The largest absolute Gasteiger partial charge is 0.380 e. The summed E-state index contributed by atoms with van der Waals surface area (Å²) in [6.45, 7) is 5.97. The van der Waals surface area contributed by atoms with Crippen LogP contribution >= 0.6 is 23.9 Å². The van der Waals surface area contributed by atoms with E-state index in [1.165, 1.54) is 0 Å². The predicted molar refractivity (Wildman–Crippen MR) is 89.6 cm³/mol. The standard InChI is InChI=1S/C15H20BrO5P/c1-4-10-7-8-13(12(6-3)11(10)5-2)14(22(18,19)20)9-15(17)21-16/h7-9H,4-6H2,1-3H3,(H2,18,19,20). The number of benzene rings is 1. The third-order valence-corrected chi connectivity index (χ3v) is 4.85. The molecule has 22 heavy (non-hydrogen) atoms. The number of halogens is 1. The summed E-state index contributed by atoms with van der Waals surface area (Å²) in [6.07, 6.45) is 3.06. The van der Waals surface area contributed by atoms with Crippen molar-refractivity contribution in [1.82, 2.24) is 0 Å². The Labute approximate surface area is 139 Å². The first-order chi connectivity index (χ1) is 10.3. The highest BCUT2D eigenvalue weighted by atomic mass is 79.9. The summed E-state index contributed by atoms with van der Waals surface area (Å²) in [5.74, 6) is -0.863. The van der Waals surface area contributed by atoms with Crippen LogP contribution in [0.5, 0.6) is 0 Å². The predicted octanol–water partition coefficient (Wildman–Crippen LogP) is 3.75. The Balaban J connectivity index is 3.66. The molecule has 0 heterocycles. The highest BCUT2D eigenvalue weighted by Crippen LogP contribution is 2.52. The average molecular weight is 391 g/mol. The van der Waals surface area contributed by atoms with E-state index in [9.17, 15) is 19.1 Å². The Morgan fingerprint density at radius 2 is 1.77 bits per heavy atom. The lowest BCUT2D eigenvalue weighted by atomic mass is 9.91. The van der Waals surface area contributed by atoms with E-state index in [4.69, 9.17) is 0 Å². The van der Waals surface area contributed by atoms with E-state index in [-0.39, 0.29) is 5.31 Å². The fraction of sp³-hybridized carbons (Fsp3) is 0.400. The summed E-state index contributed by atoms with van der Waals surface area (Å²) in [4.78, 5) is 30.6. The highest BCUT2D eigenvalue weighted by Gasteiger charge is 2.27. The van der Waals surface area contributed by atoms with E-state index in [1.807, 2.05) is 26.8 Å². The van der Waals surface area contributed by atoms with E-state index in [0.29, 0.717) is 12.0 Å². The SMILES string of the molecule is CCc1ccc(C(=CC(=O)OBr)P(=O)(O)O)c(CC)c1CC. The molecule has 0 aliphatic heterocycles. The molecule has 0 saturated heterocycles. The normalized spacial score (nSPS) is 12.4. The van der Waals surface area contributed by atoms with Gasteiger partial charge in [0.15, 0.2) is 16.3 Å². The second kappa shape index (κ2) is 8.06. The van der Waals surface area contributed by atoms with Crippen molar-refractivity contribution in [2.45, 2.75) is 40.0 Å². The Bertz CT molecular complexity index is 633. The van der Waals surface area contributed by atoms with Gasteiger partial charge in [-0.05, 0) is 41.5 Å². The van der Waals surface area contributed by atoms with Gasteiger partial charge in [-0.3, -0.25) is 4.57 Å².